The quantitative estimate of drug-likeness (QED) is 0.827. The largest absolute Gasteiger partial charge is 0.462 e. The molecule has 4 nitrogen and oxygen atoms in total. The van der Waals surface area contributed by atoms with Gasteiger partial charge in [-0.15, -0.1) is 11.3 Å². The number of carbonyl (C=O) groups excluding carboxylic acids is 1. The van der Waals surface area contributed by atoms with Crippen LogP contribution in [0.5, 0.6) is 0 Å². The van der Waals surface area contributed by atoms with Crippen molar-refractivity contribution < 1.29 is 9.53 Å². The molecule has 0 saturated carbocycles. The zero-order chi connectivity index (χ0) is 15.3. The van der Waals surface area contributed by atoms with Crippen LogP contribution in [-0.4, -0.2) is 24.1 Å². The molecular formula is C16H20N2O2S. The van der Waals surface area contributed by atoms with E-state index >= 15 is 0 Å². The zero-order valence-corrected chi connectivity index (χ0v) is 13.4. The lowest BCUT2D eigenvalue weighted by Crippen LogP contribution is -2.26. The number of hydrogen-bond acceptors (Lipinski definition) is 5. The number of ether oxygens (including phenoxy) is 1. The van der Waals surface area contributed by atoms with Gasteiger partial charge in [0.15, 0.2) is 0 Å². The van der Waals surface area contributed by atoms with Crippen molar-refractivity contribution in [3.8, 4) is 0 Å². The van der Waals surface area contributed by atoms with Crippen molar-refractivity contribution in [3.63, 3.8) is 0 Å². The smallest absolute Gasteiger partial charge is 0.339 e. The van der Waals surface area contributed by atoms with Crippen LogP contribution >= 0.6 is 11.3 Å². The number of anilines is 1. The van der Waals surface area contributed by atoms with E-state index in [1.807, 2.05) is 0 Å². The van der Waals surface area contributed by atoms with Crippen LogP contribution in [0.1, 0.15) is 36.0 Å². The van der Waals surface area contributed by atoms with Gasteiger partial charge in [0.1, 0.15) is 5.82 Å². The Bertz CT molecular complexity index is 577. The fourth-order valence-electron chi connectivity index (χ4n) is 1.90. The molecule has 0 fully saturated rings. The van der Waals surface area contributed by atoms with Gasteiger partial charge in [0.25, 0.3) is 0 Å². The highest BCUT2D eigenvalue weighted by Crippen LogP contribution is 2.27. The molecule has 0 aromatic carbocycles. The number of thiophene rings is 1. The minimum atomic E-state index is -0.338. The second kappa shape index (κ2) is 6.72. The van der Waals surface area contributed by atoms with Crippen molar-refractivity contribution in [1.29, 1.82) is 0 Å². The van der Waals surface area contributed by atoms with E-state index in [0.717, 1.165) is 12.4 Å². The zero-order valence-electron chi connectivity index (χ0n) is 12.6. The molecule has 0 bridgehead atoms. The van der Waals surface area contributed by atoms with Gasteiger partial charge in [-0.05, 0) is 30.5 Å². The summed E-state index contributed by atoms with van der Waals surface area (Å²) in [7, 11) is 0. The summed E-state index contributed by atoms with van der Waals surface area (Å²) in [5.41, 5.74) is 0.510. The maximum atomic E-state index is 11.5. The predicted octanol–water partition coefficient (Wildman–Crippen LogP) is 3.71. The van der Waals surface area contributed by atoms with Crippen LogP contribution in [0.4, 0.5) is 5.82 Å². The molecule has 112 valence electrons. The number of rotatable bonds is 6. The van der Waals surface area contributed by atoms with E-state index < -0.39 is 0 Å². The molecule has 0 spiro atoms. The van der Waals surface area contributed by atoms with Gasteiger partial charge in [-0.1, -0.05) is 19.9 Å². The van der Waals surface area contributed by atoms with E-state index in [1.54, 1.807) is 36.6 Å². The molecule has 0 aliphatic carbocycles. The molecule has 2 aromatic rings. The highest BCUT2D eigenvalue weighted by molar-refractivity contribution is 7.10. The van der Waals surface area contributed by atoms with Crippen molar-refractivity contribution in [3.05, 3.63) is 46.3 Å². The number of pyridine rings is 1. The van der Waals surface area contributed by atoms with Crippen molar-refractivity contribution in [2.24, 2.45) is 0 Å². The molecule has 5 heteroatoms. The van der Waals surface area contributed by atoms with Crippen LogP contribution in [0.2, 0.25) is 0 Å². The third-order valence-corrected chi connectivity index (χ3v) is 4.41. The standard InChI is InChI=1S/C16H20N2O2S/c1-4-20-15(19)12-7-8-14(17-10-12)18-11-16(2,3)13-6-5-9-21-13/h5-10H,4,11H2,1-3H3,(H,17,18). The first-order valence-electron chi connectivity index (χ1n) is 6.94. The Labute approximate surface area is 129 Å². The molecule has 0 unspecified atom stereocenters. The summed E-state index contributed by atoms with van der Waals surface area (Å²) in [6.45, 7) is 7.32. The number of aromatic nitrogens is 1. The molecule has 0 radical (unpaired) electrons. The van der Waals surface area contributed by atoms with Gasteiger partial charge in [0.2, 0.25) is 0 Å². The lowest BCUT2D eigenvalue weighted by Gasteiger charge is -2.24. The molecule has 2 heterocycles. The van der Waals surface area contributed by atoms with Crippen LogP contribution in [0.25, 0.3) is 0 Å². The second-order valence-electron chi connectivity index (χ2n) is 5.37. The maximum absolute atomic E-state index is 11.5. The van der Waals surface area contributed by atoms with Crippen LogP contribution in [0.15, 0.2) is 35.8 Å². The molecule has 0 saturated heterocycles. The van der Waals surface area contributed by atoms with E-state index in [0.29, 0.717) is 12.2 Å². The number of carbonyl (C=O) groups is 1. The number of esters is 1. The second-order valence-corrected chi connectivity index (χ2v) is 6.32. The van der Waals surface area contributed by atoms with Crippen LogP contribution in [0.3, 0.4) is 0 Å². The predicted molar refractivity (Wildman–Crippen MR) is 86.0 cm³/mol. The van der Waals surface area contributed by atoms with Gasteiger partial charge < -0.3 is 10.1 Å². The molecular weight excluding hydrogens is 284 g/mol. The van der Waals surface area contributed by atoms with E-state index in [9.17, 15) is 4.79 Å². The summed E-state index contributed by atoms with van der Waals surface area (Å²) in [5.74, 6) is 0.420. The summed E-state index contributed by atoms with van der Waals surface area (Å²) in [5, 5.41) is 5.40. The Morgan fingerprint density at radius 3 is 2.76 bits per heavy atom. The normalized spacial score (nSPS) is 11.2. The molecule has 0 aliphatic rings. The molecule has 1 N–H and O–H groups in total. The van der Waals surface area contributed by atoms with Crippen molar-refractivity contribution >= 4 is 23.1 Å². The Balaban J connectivity index is 1.96. The van der Waals surface area contributed by atoms with Crippen molar-refractivity contribution in [1.82, 2.24) is 4.98 Å². The Morgan fingerprint density at radius 2 is 2.19 bits per heavy atom. The topological polar surface area (TPSA) is 51.2 Å². The minimum Gasteiger partial charge on any atom is -0.462 e. The fourth-order valence-corrected chi connectivity index (χ4v) is 2.75. The Kier molecular flexibility index (Phi) is 4.96. The van der Waals surface area contributed by atoms with E-state index in [1.165, 1.54) is 4.88 Å². The highest BCUT2D eigenvalue weighted by atomic mass is 32.1. The highest BCUT2D eigenvalue weighted by Gasteiger charge is 2.21. The first-order valence-corrected chi connectivity index (χ1v) is 7.82. The van der Waals surface area contributed by atoms with Gasteiger partial charge in [-0.25, -0.2) is 9.78 Å². The van der Waals surface area contributed by atoms with E-state index in [2.05, 4.69) is 41.7 Å². The lowest BCUT2D eigenvalue weighted by atomic mass is 9.91. The van der Waals surface area contributed by atoms with Crippen molar-refractivity contribution in [2.75, 3.05) is 18.5 Å². The average Bonchev–Trinajstić information content (AvgIpc) is 3.01. The van der Waals surface area contributed by atoms with Gasteiger partial charge >= 0.3 is 5.97 Å². The fraction of sp³-hybridized carbons (Fsp3) is 0.375. The monoisotopic (exact) mass is 304 g/mol. The summed E-state index contributed by atoms with van der Waals surface area (Å²) in [6.07, 6.45) is 1.54. The Morgan fingerprint density at radius 1 is 1.38 bits per heavy atom. The third kappa shape index (κ3) is 4.04. The maximum Gasteiger partial charge on any atom is 0.339 e. The third-order valence-electron chi connectivity index (χ3n) is 3.17. The summed E-state index contributed by atoms with van der Waals surface area (Å²) < 4.78 is 4.93. The van der Waals surface area contributed by atoms with Gasteiger partial charge in [0, 0.05) is 23.0 Å². The van der Waals surface area contributed by atoms with Crippen LogP contribution < -0.4 is 5.32 Å². The van der Waals surface area contributed by atoms with Gasteiger partial charge in [-0.2, -0.15) is 0 Å². The average molecular weight is 304 g/mol. The Hall–Kier alpha value is -1.88. The number of nitrogens with one attached hydrogen (secondary N) is 1. The van der Waals surface area contributed by atoms with Gasteiger partial charge in [-0.3, -0.25) is 0 Å². The van der Waals surface area contributed by atoms with Crippen molar-refractivity contribution in [2.45, 2.75) is 26.2 Å². The first kappa shape index (κ1) is 15.5. The SMILES string of the molecule is CCOC(=O)c1ccc(NCC(C)(C)c2cccs2)nc1. The molecule has 2 rings (SSSR count). The molecule has 0 atom stereocenters. The summed E-state index contributed by atoms with van der Waals surface area (Å²) in [4.78, 5) is 17.1. The lowest BCUT2D eigenvalue weighted by molar-refractivity contribution is 0.0526. The number of hydrogen-bond donors (Lipinski definition) is 1. The number of nitrogens with zero attached hydrogens (tertiary/aromatic N) is 1. The molecule has 21 heavy (non-hydrogen) atoms. The van der Waals surface area contributed by atoms with Crippen LogP contribution in [0, 0.1) is 0 Å². The molecule has 0 aliphatic heterocycles. The van der Waals surface area contributed by atoms with Gasteiger partial charge in [0.05, 0.1) is 12.2 Å². The molecule has 0 amide bonds. The minimum absolute atomic E-state index is 0.0374. The van der Waals surface area contributed by atoms with E-state index in [-0.39, 0.29) is 11.4 Å². The van der Waals surface area contributed by atoms with Crippen LogP contribution in [-0.2, 0) is 10.2 Å². The molecule has 2 aromatic heterocycles. The first-order chi connectivity index (χ1) is 10.0. The summed E-state index contributed by atoms with van der Waals surface area (Å²) >= 11 is 1.76. The van der Waals surface area contributed by atoms with E-state index in [4.69, 9.17) is 4.74 Å². The summed E-state index contributed by atoms with van der Waals surface area (Å²) in [6, 6.07) is 7.74.